The van der Waals surface area contributed by atoms with E-state index >= 15 is 0 Å². The van der Waals surface area contributed by atoms with Crippen LogP contribution in [0.2, 0.25) is 0 Å². The van der Waals surface area contributed by atoms with Crippen molar-refractivity contribution in [2.75, 3.05) is 6.61 Å². The van der Waals surface area contributed by atoms with Gasteiger partial charge in [-0.25, -0.2) is 4.79 Å². The van der Waals surface area contributed by atoms with E-state index in [1.54, 1.807) is 0 Å². The molecule has 0 radical (unpaired) electrons. The summed E-state index contributed by atoms with van der Waals surface area (Å²) in [6.07, 6.45) is 3.85. The van der Waals surface area contributed by atoms with E-state index in [0.717, 1.165) is 31.2 Å². The molecule has 1 aromatic rings. The highest BCUT2D eigenvalue weighted by molar-refractivity contribution is 6.32. The molecule has 0 aliphatic carbocycles. The fourth-order valence-electron chi connectivity index (χ4n) is 2.60. The van der Waals surface area contributed by atoms with E-state index in [2.05, 4.69) is 12.2 Å². The van der Waals surface area contributed by atoms with Crippen LogP contribution in [-0.4, -0.2) is 35.8 Å². The zero-order chi connectivity index (χ0) is 20.1. The van der Waals surface area contributed by atoms with Crippen molar-refractivity contribution in [3.05, 3.63) is 35.9 Å². The number of benzene rings is 1. The topological polar surface area (TPSA) is 98.5 Å². The van der Waals surface area contributed by atoms with E-state index in [4.69, 9.17) is 22.1 Å². The van der Waals surface area contributed by atoms with Gasteiger partial charge in [0.1, 0.15) is 6.04 Å². The Labute approximate surface area is 165 Å². The van der Waals surface area contributed by atoms with Gasteiger partial charge in [0.2, 0.25) is 5.91 Å². The Kier molecular flexibility index (Phi) is 11.2. The van der Waals surface area contributed by atoms with Gasteiger partial charge < -0.3 is 15.8 Å². The number of amides is 2. The fourth-order valence-corrected chi connectivity index (χ4v) is 2.86. The van der Waals surface area contributed by atoms with Crippen LogP contribution < -0.4 is 11.1 Å². The molecule has 0 spiro atoms. The molecule has 0 aromatic heterocycles. The van der Waals surface area contributed by atoms with E-state index < -0.39 is 29.2 Å². The van der Waals surface area contributed by atoms with Gasteiger partial charge in [-0.2, -0.15) is 0 Å². The van der Waals surface area contributed by atoms with Crippen LogP contribution in [0.3, 0.4) is 0 Å². The maximum absolute atomic E-state index is 12.5. The third-order valence-electron chi connectivity index (χ3n) is 4.11. The van der Waals surface area contributed by atoms with Crippen molar-refractivity contribution in [3.63, 3.8) is 0 Å². The van der Waals surface area contributed by atoms with Crippen LogP contribution in [0.5, 0.6) is 0 Å². The second-order valence-electron chi connectivity index (χ2n) is 6.46. The molecule has 1 unspecified atom stereocenters. The summed E-state index contributed by atoms with van der Waals surface area (Å²) in [6.45, 7) is 2.36. The van der Waals surface area contributed by atoms with E-state index in [0.29, 0.717) is 12.8 Å². The van der Waals surface area contributed by atoms with Crippen molar-refractivity contribution in [1.82, 2.24) is 5.32 Å². The number of carbonyl (C=O) groups is 3. The summed E-state index contributed by atoms with van der Waals surface area (Å²) >= 11 is 6.21. The molecule has 0 fully saturated rings. The third-order valence-corrected chi connectivity index (χ3v) is 4.54. The van der Waals surface area contributed by atoms with Crippen LogP contribution >= 0.6 is 11.6 Å². The molecule has 0 bridgehead atoms. The Bertz CT molecular complexity index is 595. The molecule has 2 amide bonds. The first-order chi connectivity index (χ1) is 12.9. The highest BCUT2D eigenvalue weighted by Gasteiger charge is 2.28. The normalized spacial score (nSPS) is 12.8. The zero-order valence-electron chi connectivity index (χ0n) is 15.8. The Morgan fingerprint density at radius 3 is 2.48 bits per heavy atom. The molecule has 0 saturated carbocycles. The quantitative estimate of drug-likeness (QED) is 0.394. The molecular weight excluding hydrogens is 368 g/mol. The number of nitrogens with one attached hydrogen (secondary N) is 1. The zero-order valence-corrected chi connectivity index (χ0v) is 16.5. The molecular formula is C20H29ClN2O4. The van der Waals surface area contributed by atoms with Crippen LogP contribution in [0.4, 0.5) is 4.79 Å². The van der Waals surface area contributed by atoms with Crippen molar-refractivity contribution in [1.29, 1.82) is 0 Å². The average Bonchev–Trinajstić information content (AvgIpc) is 2.65. The fraction of sp³-hybridized carbons (Fsp3) is 0.550. The number of unbranched alkanes of at least 4 members (excludes halogenated alkanes) is 3. The largest absolute Gasteiger partial charge is 0.450 e. The standard InChI is InChI=1S/C20H29ClN2O4/c1-2-3-4-8-13-27-20(26)23-17(14-18(22)24)19(25)16(21)12-11-15-9-6-5-7-10-15/h5-7,9-10,16-17H,2-4,8,11-14H2,1H3,(H2,22,24)(H,23,26)/t16?,17-/m1/s1. The molecule has 6 nitrogen and oxygen atoms in total. The minimum absolute atomic E-state index is 0.266. The number of ether oxygens (including phenoxy) is 1. The van der Waals surface area contributed by atoms with Gasteiger partial charge in [0, 0.05) is 0 Å². The van der Waals surface area contributed by atoms with Crippen molar-refractivity contribution >= 4 is 29.4 Å². The molecule has 0 saturated heterocycles. The monoisotopic (exact) mass is 396 g/mol. The molecule has 1 aromatic carbocycles. The van der Waals surface area contributed by atoms with E-state index in [9.17, 15) is 14.4 Å². The van der Waals surface area contributed by atoms with Gasteiger partial charge in [-0.15, -0.1) is 11.6 Å². The number of hydrogen-bond acceptors (Lipinski definition) is 4. The SMILES string of the molecule is CCCCCCOC(=O)N[C@H](CC(N)=O)C(=O)C(Cl)CCc1ccccc1. The molecule has 0 heterocycles. The highest BCUT2D eigenvalue weighted by Crippen LogP contribution is 2.13. The molecule has 0 aliphatic heterocycles. The van der Waals surface area contributed by atoms with Gasteiger partial charge in [-0.05, 0) is 24.8 Å². The number of halogens is 1. The second kappa shape index (κ2) is 13.1. The summed E-state index contributed by atoms with van der Waals surface area (Å²) in [6, 6.07) is 8.55. The Hall–Kier alpha value is -2.08. The maximum atomic E-state index is 12.5. The number of alkyl carbamates (subject to hydrolysis) is 1. The molecule has 1 rings (SSSR count). The van der Waals surface area contributed by atoms with Crippen LogP contribution in [0.25, 0.3) is 0 Å². The second-order valence-corrected chi connectivity index (χ2v) is 6.98. The molecule has 2 atom stereocenters. The first-order valence-corrected chi connectivity index (χ1v) is 9.81. The molecule has 150 valence electrons. The third kappa shape index (κ3) is 9.99. The molecule has 27 heavy (non-hydrogen) atoms. The Balaban J connectivity index is 2.51. The average molecular weight is 397 g/mol. The van der Waals surface area contributed by atoms with Gasteiger partial charge in [0.05, 0.1) is 18.4 Å². The first-order valence-electron chi connectivity index (χ1n) is 9.37. The van der Waals surface area contributed by atoms with Crippen LogP contribution in [0.15, 0.2) is 30.3 Å². The number of Topliss-reactive ketones (excluding diaryl/α,β-unsaturated/α-hetero) is 1. The lowest BCUT2D eigenvalue weighted by molar-refractivity contribution is -0.125. The molecule has 0 aliphatic rings. The number of nitrogens with two attached hydrogens (primary N) is 1. The molecule has 3 N–H and O–H groups in total. The smallest absolute Gasteiger partial charge is 0.407 e. The van der Waals surface area contributed by atoms with Crippen LogP contribution in [0.1, 0.15) is 51.0 Å². The first kappa shape index (κ1) is 23.0. The summed E-state index contributed by atoms with van der Waals surface area (Å²) in [5.74, 6) is -1.13. The summed E-state index contributed by atoms with van der Waals surface area (Å²) in [4.78, 5) is 35.7. The van der Waals surface area contributed by atoms with Gasteiger partial charge >= 0.3 is 6.09 Å². The van der Waals surface area contributed by atoms with Crippen molar-refractivity contribution in [3.8, 4) is 0 Å². The summed E-state index contributed by atoms with van der Waals surface area (Å²) < 4.78 is 5.06. The number of carbonyl (C=O) groups excluding carboxylic acids is 3. The van der Waals surface area contributed by atoms with Gasteiger partial charge in [-0.3, -0.25) is 9.59 Å². The summed E-state index contributed by atoms with van der Waals surface area (Å²) in [5.41, 5.74) is 6.26. The predicted molar refractivity (Wildman–Crippen MR) is 106 cm³/mol. The lowest BCUT2D eigenvalue weighted by Crippen LogP contribution is -2.46. The van der Waals surface area contributed by atoms with Crippen molar-refractivity contribution in [2.24, 2.45) is 5.73 Å². The van der Waals surface area contributed by atoms with E-state index in [1.807, 2.05) is 30.3 Å². The van der Waals surface area contributed by atoms with E-state index in [1.165, 1.54) is 0 Å². The predicted octanol–water partition coefficient (Wildman–Crippen LogP) is 3.35. The number of aryl methyl sites for hydroxylation is 1. The van der Waals surface area contributed by atoms with Crippen molar-refractivity contribution < 1.29 is 19.1 Å². The highest BCUT2D eigenvalue weighted by atomic mass is 35.5. The number of rotatable bonds is 13. The van der Waals surface area contributed by atoms with Gasteiger partial charge in [0.15, 0.2) is 5.78 Å². The number of ketones is 1. The Morgan fingerprint density at radius 2 is 1.85 bits per heavy atom. The van der Waals surface area contributed by atoms with Gasteiger partial charge in [-0.1, -0.05) is 56.5 Å². The van der Waals surface area contributed by atoms with E-state index in [-0.39, 0.29) is 13.0 Å². The van der Waals surface area contributed by atoms with Crippen LogP contribution in [0, 0.1) is 0 Å². The number of alkyl halides is 1. The van der Waals surface area contributed by atoms with Gasteiger partial charge in [0.25, 0.3) is 0 Å². The Morgan fingerprint density at radius 1 is 1.15 bits per heavy atom. The number of primary amides is 1. The lowest BCUT2D eigenvalue weighted by atomic mass is 10.0. The minimum Gasteiger partial charge on any atom is -0.450 e. The lowest BCUT2D eigenvalue weighted by Gasteiger charge is -2.19. The van der Waals surface area contributed by atoms with Crippen LogP contribution in [-0.2, 0) is 20.7 Å². The summed E-state index contributed by atoms with van der Waals surface area (Å²) in [5, 5.41) is 1.59. The minimum atomic E-state index is -1.08. The number of hydrogen-bond donors (Lipinski definition) is 2. The van der Waals surface area contributed by atoms with Crippen molar-refractivity contribution in [2.45, 2.75) is 63.3 Å². The summed E-state index contributed by atoms with van der Waals surface area (Å²) in [7, 11) is 0. The molecule has 7 heteroatoms. The maximum Gasteiger partial charge on any atom is 0.407 e.